The molecule has 1 rings (SSSR count). The zero-order valence-corrected chi connectivity index (χ0v) is 12.1. The summed E-state index contributed by atoms with van der Waals surface area (Å²) < 4.78 is 12.2. The van der Waals surface area contributed by atoms with Crippen LogP contribution in [-0.4, -0.2) is 27.5 Å². The van der Waals surface area contributed by atoms with E-state index in [-0.39, 0.29) is 11.7 Å². The molecule has 1 aromatic rings. The molecule has 19 heavy (non-hydrogen) atoms. The number of nitrogens with one attached hydrogen (secondary N) is 1. The second kappa shape index (κ2) is 8.01. The van der Waals surface area contributed by atoms with Crippen molar-refractivity contribution in [3.63, 3.8) is 0 Å². The molecule has 0 aliphatic rings. The van der Waals surface area contributed by atoms with Gasteiger partial charge in [-0.15, -0.1) is 0 Å². The predicted octanol–water partition coefficient (Wildman–Crippen LogP) is 2.48. The van der Waals surface area contributed by atoms with Gasteiger partial charge in [-0.1, -0.05) is 13.8 Å². The first-order valence-electron chi connectivity index (χ1n) is 6.44. The number of benzene rings is 1. The molecule has 2 unspecified atom stereocenters. The van der Waals surface area contributed by atoms with Crippen LogP contribution in [-0.2, 0) is 10.8 Å². The van der Waals surface area contributed by atoms with E-state index in [2.05, 4.69) is 19.2 Å². The molecule has 0 saturated carbocycles. The average Bonchev–Trinajstić information content (AvgIpc) is 2.43. The first-order valence-corrected chi connectivity index (χ1v) is 7.76. The van der Waals surface area contributed by atoms with Gasteiger partial charge in [0.2, 0.25) is 0 Å². The zero-order chi connectivity index (χ0) is 14.3. The predicted molar refractivity (Wildman–Crippen MR) is 76.7 cm³/mol. The molecule has 6 heteroatoms. The summed E-state index contributed by atoms with van der Waals surface area (Å²) in [7, 11) is -1.12. The molecule has 0 aliphatic carbocycles. The average molecular weight is 284 g/mol. The van der Waals surface area contributed by atoms with Crippen LogP contribution in [0.25, 0.3) is 0 Å². The summed E-state index contributed by atoms with van der Waals surface area (Å²) in [4.78, 5) is 10.7. The number of nitro groups is 1. The number of nitro benzene ring substituents is 1. The molecule has 0 aromatic heterocycles. The van der Waals surface area contributed by atoms with Gasteiger partial charge in [0.05, 0.1) is 15.7 Å². The van der Waals surface area contributed by atoms with E-state index in [1.54, 1.807) is 12.1 Å². The Bertz CT molecular complexity index is 434. The van der Waals surface area contributed by atoms with Gasteiger partial charge < -0.3 is 5.32 Å². The Labute approximate surface area is 116 Å². The fourth-order valence-electron chi connectivity index (χ4n) is 1.67. The third-order valence-corrected chi connectivity index (χ3v) is 4.34. The van der Waals surface area contributed by atoms with E-state index in [9.17, 15) is 14.3 Å². The van der Waals surface area contributed by atoms with Crippen molar-refractivity contribution < 1.29 is 9.13 Å². The van der Waals surface area contributed by atoms with Gasteiger partial charge in [0.15, 0.2) is 0 Å². The van der Waals surface area contributed by atoms with Gasteiger partial charge in [-0.25, -0.2) is 0 Å². The summed E-state index contributed by atoms with van der Waals surface area (Å²) in [5.74, 6) is 0.536. The van der Waals surface area contributed by atoms with Crippen molar-refractivity contribution in [2.75, 3.05) is 12.3 Å². The van der Waals surface area contributed by atoms with Gasteiger partial charge in [0, 0.05) is 28.8 Å². The smallest absolute Gasteiger partial charge is 0.269 e. The van der Waals surface area contributed by atoms with Gasteiger partial charge in [-0.3, -0.25) is 14.3 Å². The summed E-state index contributed by atoms with van der Waals surface area (Å²) in [6, 6.07) is 6.15. The van der Waals surface area contributed by atoms with Crippen molar-refractivity contribution in [2.45, 2.75) is 37.6 Å². The lowest BCUT2D eigenvalue weighted by molar-refractivity contribution is -0.384. The van der Waals surface area contributed by atoms with Gasteiger partial charge in [0.1, 0.15) is 0 Å². The van der Waals surface area contributed by atoms with Crippen molar-refractivity contribution in [1.29, 1.82) is 0 Å². The number of hydrogen-bond donors (Lipinski definition) is 1. The van der Waals surface area contributed by atoms with Gasteiger partial charge in [-0.2, -0.15) is 0 Å². The number of rotatable bonds is 8. The summed E-state index contributed by atoms with van der Waals surface area (Å²) in [6.45, 7) is 5.06. The molecule has 1 N–H and O–H groups in total. The molecule has 0 spiro atoms. The second-order valence-corrected chi connectivity index (χ2v) is 5.82. The summed E-state index contributed by atoms with van der Waals surface area (Å²) in [5.41, 5.74) is 0.0249. The molecule has 0 saturated heterocycles. The highest BCUT2D eigenvalue weighted by atomic mass is 32.2. The standard InChI is InChI=1S/C13H20N2O3S/c1-3-9-14-11(4-2)10-19(18)13-7-5-12(6-8-13)15(16)17/h5-8,11,14H,3-4,9-10H2,1-2H3. The highest BCUT2D eigenvalue weighted by Crippen LogP contribution is 2.15. The van der Waals surface area contributed by atoms with Crippen molar-refractivity contribution in [3.05, 3.63) is 34.4 Å². The first-order chi connectivity index (χ1) is 9.08. The van der Waals surface area contributed by atoms with Gasteiger partial charge in [0.25, 0.3) is 5.69 Å². The third-order valence-electron chi connectivity index (χ3n) is 2.84. The molecular formula is C13H20N2O3S. The Hall–Kier alpha value is -1.27. The van der Waals surface area contributed by atoms with E-state index in [1.807, 2.05) is 0 Å². The Morgan fingerprint density at radius 2 is 1.95 bits per heavy atom. The lowest BCUT2D eigenvalue weighted by Crippen LogP contribution is -2.34. The van der Waals surface area contributed by atoms with E-state index in [0.717, 1.165) is 19.4 Å². The highest BCUT2D eigenvalue weighted by molar-refractivity contribution is 7.85. The van der Waals surface area contributed by atoms with Crippen LogP contribution in [0, 0.1) is 10.1 Å². The Balaban J connectivity index is 2.63. The van der Waals surface area contributed by atoms with Crippen molar-refractivity contribution >= 4 is 16.5 Å². The van der Waals surface area contributed by atoms with E-state index in [4.69, 9.17) is 0 Å². The van der Waals surface area contributed by atoms with E-state index in [1.165, 1.54) is 12.1 Å². The van der Waals surface area contributed by atoms with Crippen LogP contribution >= 0.6 is 0 Å². The van der Waals surface area contributed by atoms with Crippen LogP contribution in [0.5, 0.6) is 0 Å². The Kier molecular flexibility index (Phi) is 6.66. The normalized spacial score (nSPS) is 14.0. The van der Waals surface area contributed by atoms with Gasteiger partial charge >= 0.3 is 0 Å². The van der Waals surface area contributed by atoms with E-state index in [0.29, 0.717) is 10.6 Å². The molecule has 0 heterocycles. The van der Waals surface area contributed by atoms with Crippen molar-refractivity contribution in [2.24, 2.45) is 0 Å². The summed E-state index contributed by atoms with van der Waals surface area (Å²) in [5, 5.41) is 13.9. The van der Waals surface area contributed by atoms with Crippen LogP contribution in [0.4, 0.5) is 5.69 Å². The van der Waals surface area contributed by atoms with E-state index >= 15 is 0 Å². The van der Waals surface area contributed by atoms with Crippen LogP contribution in [0.2, 0.25) is 0 Å². The molecule has 1 aromatic carbocycles. The molecule has 5 nitrogen and oxygen atoms in total. The summed E-state index contributed by atoms with van der Waals surface area (Å²) >= 11 is 0. The van der Waals surface area contributed by atoms with Gasteiger partial charge in [-0.05, 0) is 31.5 Å². The number of non-ortho nitro benzene ring substituents is 1. The molecule has 0 fully saturated rings. The molecular weight excluding hydrogens is 264 g/mol. The minimum Gasteiger partial charge on any atom is -0.313 e. The minimum atomic E-state index is -1.12. The fraction of sp³-hybridized carbons (Fsp3) is 0.538. The lowest BCUT2D eigenvalue weighted by atomic mass is 10.2. The van der Waals surface area contributed by atoms with Crippen molar-refractivity contribution in [1.82, 2.24) is 5.32 Å². The molecule has 0 radical (unpaired) electrons. The van der Waals surface area contributed by atoms with Crippen LogP contribution in [0.3, 0.4) is 0 Å². The number of hydrogen-bond acceptors (Lipinski definition) is 4. The lowest BCUT2D eigenvalue weighted by Gasteiger charge is -2.15. The largest absolute Gasteiger partial charge is 0.313 e. The molecule has 106 valence electrons. The maximum atomic E-state index is 12.2. The fourth-order valence-corrected chi connectivity index (χ4v) is 3.02. The maximum absolute atomic E-state index is 12.2. The molecule has 0 aliphatic heterocycles. The quantitative estimate of drug-likeness (QED) is 0.588. The van der Waals surface area contributed by atoms with Crippen molar-refractivity contribution in [3.8, 4) is 0 Å². The maximum Gasteiger partial charge on any atom is 0.269 e. The molecule has 0 bridgehead atoms. The van der Waals surface area contributed by atoms with E-state index < -0.39 is 15.7 Å². The highest BCUT2D eigenvalue weighted by Gasteiger charge is 2.13. The third kappa shape index (κ3) is 5.08. The Morgan fingerprint density at radius 3 is 2.42 bits per heavy atom. The summed E-state index contributed by atoms with van der Waals surface area (Å²) in [6.07, 6.45) is 1.96. The Morgan fingerprint density at radius 1 is 1.32 bits per heavy atom. The molecule has 0 amide bonds. The van der Waals surface area contributed by atoms with Crippen LogP contribution < -0.4 is 5.32 Å². The SMILES string of the molecule is CCCNC(CC)CS(=O)c1ccc([N+](=O)[O-])cc1. The molecule has 2 atom stereocenters. The zero-order valence-electron chi connectivity index (χ0n) is 11.3. The monoisotopic (exact) mass is 284 g/mol. The number of nitrogens with zero attached hydrogens (tertiary/aromatic N) is 1. The topological polar surface area (TPSA) is 72.2 Å². The van der Waals surface area contributed by atoms with Crippen LogP contribution in [0.15, 0.2) is 29.2 Å². The first kappa shape index (κ1) is 15.8. The second-order valence-electron chi connectivity index (χ2n) is 4.32. The minimum absolute atomic E-state index is 0.0249. The van der Waals surface area contributed by atoms with Crippen LogP contribution in [0.1, 0.15) is 26.7 Å².